The molecule has 0 saturated heterocycles. The highest BCUT2D eigenvalue weighted by Crippen LogP contribution is 2.33. The normalized spacial score (nSPS) is 11.0. The minimum Gasteiger partial charge on any atom is -0.726 e. The maximum Gasteiger partial charge on any atom is 0.215 e. The molecule has 0 aliphatic carbocycles. The van der Waals surface area contributed by atoms with Crippen molar-refractivity contribution in [1.29, 1.82) is 0 Å². The van der Waals surface area contributed by atoms with Gasteiger partial charge in [-0.3, -0.25) is 9.35 Å². The van der Waals surface area contributed by atoms with Gasteiger partial charge in [0.1, 0.15) is 0 Å². The Kier molecular flexibility index (Phi) is 6.09. The molecule has 0 bridgehead atoms. The average molecular weight is 394 g/mol. The number of hydrogen-bond acceptors (Lipinski definition) is 4. The number of nitrogens with one attached hydrogen (secondary N) is 1. The second kappa shape index (κ2) is 7.92. The maximum atomic E-state index is 12.1. The van der Waals surface area contributed by atoms with E-state index >= 15 is 0 Å². The molecule has 136 valence electrons. The van der Waals surface area contributed by atoms with Crippen LogP contribution in [0.25, 0.3) is 22.0 Å². The Bertz CT molecular complexity index is 1060. The molecule has 1 aromatic heterocycles. The molecule has 0 spiro atoms. The van der Waals surface area contributed by atoms with E-state index in [4.69, 9.17) is 29.1 Å². The van der Waals surface area contributed by atoms with Gasteiger partial charge in [0.15, 0.2) is 11.5 Å². The Morgan fingerprint density at radius 3 is 2.27 bits per heavy atom. The van der Waals surface area contributed by atoms with Crippen LogP contribution in [0.15, 0.2) is 48.5 Å². The number of carbonyl (C=O) groups is 1. The molecular formula is C18H16ClNO5S. The molecule has 0 atom stereocenters. The first-order valence-corrected chi connectivity index (χ1v) is 9.22. The monoisotopic (exact) mass is 393 g/mol. The van der Waals surface area contributed by atoms with Crippen molar-refractivity contribution >= 4 is 38.7 Å². The summed E-state index contributed by atoms with van der Waals surface area (Å²) in [5, 5.41) is 1.62. The van der Waals surface area contributed by atoms with Crippen LogP contribution in [0.1, 0.15) is 23.0 Å². The van der Waals surface area contributed by atoms with Gasteiger partial charge in [0.2, 0.25) is 15.9 Å². The molecule has 26 heavy (non-hydrogen) atoms. The quantitative estimate of drug-likeness (QED) is 0.407. The molecule has 3 aromatic rings. The van der Waals surface area contributed by atoms with Crippen LogP contribution < -0.4 is 4.98 Å². The van der Waals surface area contributed by atoms with Crippen molar-refractivity contribution in [2.45, 2.75) is 13.8 Å². The van der Waals surface area contributed by atoms with Gasteiger partial charge in [-0.15, -0.1) is 0 Å². The van der Waals surface area contributed by atoms with Crippen LogP contribution >= 0.6 is 11.6 Å². The molecule has 0 unspecified atom stereocenters. The van der Waals surface area contributed by atoms with E-state index in [9.17, 15) is 4.79 Å². The molecule has 0 aliphatic heterocycles. The second-order valence-corrected chi connectivity index (χ2v) is 6.83. The first-order valence-electron chi connectivity index (χ1n) is 7.47. The maximum absolute atomic E-state index is 12.1. The third-order valence-electron chi connectivity index (χ3n) is 3.61. The van der Waals surface area contributed by atoms with Gasteiger partial charge in [0, 0.05) is 23.6 Å². The number of H-pyrrole nitrogens is 1. The van der Waals surface area contributed by atoms with E-state index in [0.717, 1.165) is 33.3 Å². The first kappa shape index (κ1) is 20.0. The van der Waals surface area contributed by atoms with E-state index in [1.807, 2.05) is 55.5 Å². The lowest BCUT2D eigenvalue weighted by atomic mass is 9.92. The van der Waals surface area contributed by atoms with Gasteiger partial charge in [-0.05, 0) is 24.6 Å². The van der Waals surface area contributed by atoms with Crippen molar-refractivity contribution in [2.75, 3.05) is 0 Å². The van der Waals surface area contributed by atoms with Gasteiger partial charge < -0.3 is 4.55 Å². The lowest BCUT2D eigenvalue weighted by molar-refractivity contribution is -0.354. The van der Waals surface area contributed by atoms with E-state index in [2.05, 4.69) is 4.98 Å². The summed E-state index contributed by atoms with van der Waals surface area (Å²) in [4.78, 5) is 15.4. The Morgan fingerprint density at radius 2 is 1.73 bits per heavy atom. The van der Waals surface area contributed by atoms with Crippen LogP contribution in [0.3, 0.4) is 0 Å². The van der Waals surface area contributed by atoms with Crippen LogP contribution in [-0.2, 0) is 10.4 Å². The number of rotatable bonds is 2. The first-order chi connectivity index (χ1) is 12.1. The number of carbonyl (C=O) groups excluding carboxylic acids is 1. The molecule has 0 fully saturated rings. The van der Waals surface area contributed by atoms with Crippen LogP contribution in [0.4, 0.5) is 0 Å². The number of aryl methyl sites for hydroxylation is 1. The van der Waals surface area contributed by atoms with Crippen LogP contribution in [0.5, 0.6) is 0 Å². The lowest BCUT2D eigenvalue weighted by Crippen LogP contribution is -2.16. The number of ketones is 1. The summed E-state index contributed by atoms with van der Waals surface area (Å²) >= 11 is 6.15. The number of Topliss-reactive ketones (excluding diaryl/α,β-unsaturated/α-hetero) is 1. The van der Waals surface area contributed by atoms with E-state index in [1.54, 1.807) is 6.92 Å². The summed E-state index contributed by atoms with van der Waals surface area (Å²) in [6.45, 7) is 3.52. The molecular weight excluding hydrogens is 378 g/mol. The van der Waals surface area contributed by atoms with Crippen molar-refractivity contribution in [2.24, 2.45) is 0 Å². The number of fused-ring (bicyclic) bond motifs is 1. The van der Waals surface area contributed by atoms with Gasteiger partial charge in [0.25, 0.3) is 0 Å². The van der Waals surface area contributed by atoms with Crippen LogP contribution in [0.2, 0.25) is 5.02 Å². The molecule has 0 aliphatic rings. The van der Waals surface area contributed by atoms with E-state index in [0.29, 0.717) is 5.02 Å². The topological polar surface area (TPSA) is 109 Å². The predicted molar refractivity (Wildman–Crippen MR) is 98.0 cm³/mol. The Balaban J connectivity index is 0.000000431. The summed E-state index contributed by atoms with van der Waals surface area (Å²) in [5.74, 6) is 0.0458. The zero-order valence-electron chi connectivity index (χ0n) is 14.0. The van der Waals surface area contributed by atoms with Crippen LogP contribution in [0, 0.1) is 6.92 Å². The Labute approximate surface area is 156 Å². The standard InChI is InChI=1S/C18H14ClNO.H2O4S/c1-11-17(12(2)21)18(13-6-4-3-5-7-13)15-10-14(19)8-9-16(15)20-11;1-5(2,3)4/h3-10H,1-2H3;(H2,1,2,3,4). The Hall–Kier alpha value is -2.32. The molecule has 0 amide bonds. The third-order valence-corrected chi connectivity index (χ3v) is 3.85. The van der Waals surface area contributed by atoms with E-state index in [-0.39, 0.29) is 5.78 Å². The molecule has 8 heteroatoms. The molecule has 2 N–H and O–H groups in total. The molecule has 2 aromatic carbocycles. The van der Waals surface area contributed by atoms with E-state index < -0.39 is 10.4 Å². The summed E-state index contributed by atoms with van der Waals surface area (Å²) in [6, 6.07) is 15.6. The number of halogens is 1. The zero-order valence-corrected chi connectivity index (χ0v) is 15.6. The lowest BCUT2D eigenvalue weighted by Gasteiger charge is -2.10. The minimum absolute atomic E-state index is 0.0458. The number of hydrogen-bond donors (Lipinski definition) is 1. The molecule has 0 radical (unpaired) electrons. The highest BCUT2D eigenvalue weighted by Gasteiger charge is 2.21. The molecule has 1 heterocycles. The Morgan fingerprint density at radius 1 is 1.15 bits per heavy atom. The van der Waals surface area contributed by atoms with Gasteiger partial charge in [-0.25, -0.2) is 13.4 Å². The van der Waals surface area contributed by atoms with Gasteiger partial charge >= 0.3 is 0 Å². The summed E-state index contributed by atoms with van der Waals surface area (Å²) in [7, 11) is -4.92. The summed E-state index contributed by atoms with van der Waals surface area (Å²) < 4.78 is 32.8. The number of benzene rings is 2. The summed E-state index contributed by atoms with van der Waals surface area (Å²) in [6.07, 6.45) is 0. The summed E-state index contributed by atoms with van der Waals surface area (Å²) in [5.41, 5.74) is 4.52. The van der Waals surface area contributed by atoms with Crippen molar-refractivity contribution in [1.82, 2.24) is 0 Å². The van der Waals surface area contributed by atoms with Crippen LogP contribution in [-0.4, -0.2) is 23.3 Å². The SMILES string of the molecule is CC(=O)c1c(C)[nH+]c2ccc(Cl)cc2c1-c1ccccc1.O=S(=O)([O-])O. The third kappa shape index (κ3) is 5.09. The van der Waals surface area contributed by atoms with Crippen molar-refractivity contribution in [3.63, 3.8) is 0 Å². The van der Waals surface area contributed by atoms with Gasteiger partial charge in [-0.1, -0.05) is 41.9 Å². The highest BCUT2D eigenvalue weighted by molar-refractivity contribution is 7.79. The largest absolute Gasteiger partial charge is 0.726 e. The average Bonchev–Trinajstić information content (AvgIpc) is 2.53. The van der Waals surface area contributed by atoms with Gasteiger partial charge in [-0.2, -0.15) is 0 Å². The zero-order chi connectivity index (χ0) is 19.5. The van der Waals surface area contributed by atoms with Crippen molar-refractivity contribution < 1.29 is 27.3 Å². The number of aromatic amines is 1. The smallest absolute Gasteiger partial charge is 0.215 e. The van der Waals surface area contributed by atoms with E-state index in [1.165, 1.54) is 0 Å². The minimum atomic E-state index is -4.92. The highest BCUT2D eigenvalue weighted by atomic mass is 35.5. The fourth-order valence-electron chi connectivity index (χ4n) is 2.76. The second-order valence-electron chi connectivity index (χ2n) is 5.54. The van der Waals surface area contributed by atoms with Gasteiger partial charge in [0.05, 0.1) is 10.9 Å². The number of aromatic nitrogens is 1. The number of pyridine rings is 1. The molecule has 3 rings (SSSR count). The van der Waals surface area contributed by atoms with Crippen molar-refractivity contribution in [3.8, 4) is 11.1 Å². The van der Waals surface area contributed by atoms with Crippen molar-refractivity contribution in [3.05, 3.63) is 64.8 Å². The fourth-order valence-corrected chi connectivity index (χ4v) is 2.94. The predicted octanol–water partition coefficient (Wildman–Crippen LogP) is 3.49. The molecule has 6 nitrogen and oxygen atoms in total. The molecule has 0 saturated carbocycles. The fraction of sp³-hybridized carbons (Fsp3) is 0.111.